The zero-order valence-electron chi connectivity index (χ0n) is 65.3. The number of carbonyl (C=O) groups is 3. The fourth-order valence-corrected chi connectivity index (χ4v) is 11.8. The lowest BCUT2D eigenvalue weighted by Gasteiger charge is -2.21. The largest absolute Gasteiger partial charge is 0.472 e. The SMILES string of the molecule is CC/C=C\C/C=C\C/C=C\C/C=C\C/C=C\C/C=C\CCCCCCCCC(=O)OCC(O)COP(=O)(O)OCC(O)COP(=O)(O)OCC(COC(=O)CCCCCCCCC/C=C\C/C=C\C/C=C\C/C=C\CCCCC)OC(=O)CCCCCCC/C=C\C/C=C\C/C=C\C/C=C\CCCCC. The maximum Gasteiger partial charge on any atom is 0.472 e. The zero-order valence-corrected chi connectivity index (χ0v) is 67.1. The standard InChI is InChI=1S/C87H144O16P2/c1-4-7-10-13-16-19-22-25-28-31-34-37-39-40-42-45-46-49-52-55-58-61-64-67-70-73-85(90)97-76-82(88)77-99-104(93,94)100-78-83(89)79-101-105(95,96)102-81-84(103-87(92)75-72-69-66-63-60-57-54-51-48-43-36-33-30-27-24-21-18-15-12-9-6-3)80-98-86(91)74-71-68-65-62-59-56-53-50-47-44-41-38-35-32-29-26-23-20-17-14-11-8-5-2/h7,10,16-21,25-30,34-38,40,42-44,46-47,49,51,54,82-84,88-89H,4-6,8-9,11-15,22-24,31-33,39,41,45,48,50,52-53,55-81H2,1-3H3,(H,93,94)(H,95,96)/b10-7-,19-16-,20-17-,21-18-,28-25-,29-26-,30-27-,37-34-,38-35-,42-40-,43-36-,47-44-,49-46-,54-51-. The van der Waals surface area contributed by atoms with Crippen molar-refractivity contribution >= 4 is 33.6 Å². The van der Waals surface area contributed by atoms with E-state index in [4.69, 9.17) is 32.3 Å². The molecule has 0 aromatic carbocycles. The predicted molar refractivity (Wildman–Crippen MR) is 435 cm³/mol. The first kappa shape index (κ1) is 99.9. The quantitative estimate of drug-likeness (QED) is 0.0146. The van der Waals surface area contributed by atoms with Crippen molar-refractivity contribution in [3.05, 3.63) is 170 Å². The van der Waals surface area contributed by atoms with Crippen molar-refractivity contribution < 1.29 is 75.8 Å². The van der Waals surface area contributed by atoms with Crippen molar-refractivity contribution in [1.82, 2.24) is 0 Å². The summed E-state index contributed by atoms with van der Waals surface area (Å²) in [7, 11) is -9.82. The van der Waals surface area contributed by atoms with Crippen molar-refractivity contribution in [2.75, 3.05) is 39.6 Å². The predicted octanol–water partition coefficient (Wildman–Crippen LogP) is 24.0. The third kappa shape index (κ3) is 79.8. The molecule has 0 aromatic rings. The molecule has 5 atom stereocenters. The molecule has 16 nitrogen and oxygen atoms in total. The number of hydrogen-bond donors (Lipinski definition) is 4. The summed E-state index contributed by atoms with van der Waals surface area (Å²) in [4.78, 5) is 58.8. The van der Waals surface area contributed by atoms with Crippen molar-refractivity contribution in [3.8, 4) is 0 Å². The van der Waals surface area contributed by atoms with E-state index in [1.54, 1.807) is 0 Å². The van der Waals surface area contributed by atoms with Crippen LogP contribution in [0.15, 0.2) is 170 Å². The minimum Gasteiger partial charge on any atom is -0.463 e. The van der Waals surface area contributed by atoms with Gasteiger partial charge in [0.1, 0.15) is 25.4 Å². The highest BCUT2D eigenvalue weighted by Crippen LogP contribution is 2.45. The van der Waals surface area contributed by atoms with Gasteiger partial charge in [-0.3, -0.25) is 32.5 Å². The Balaban J connectivity index is 4.75. The van der Waals surface area contributed by atoms with Crippen LogP contribution in [0, 0.1) is 0 Å². The summed E-state index contributed by atoms with van der Waals surface area (Å²) in [5, 5.41) is 20.7. The van der Waals surface area contributed by atoms with Crippen LogP contribution in [0.4, 0.5) is 0 Å². The number of aliphatic hydroxyl groups is 2. The molecule has 0 bridgehead atoms. The molecule has 0 aliphatic heterocycles. The van der Waals surface area contributed by atoms with Crippen LogP contribution in [0.2, 0.25) is 0 Å². The first-order valence-electron chi connectivity index (χ1n) is 40.4. The Kier molecular flexibility index (Phi) is 74.7. The molecule has 18 heteroatoms. The highest BCUT2D eigenvalue weighted by atomic mass is 31.2. The second-order valence-electron chi connectivity index (χ2n) is 26.5. The molecular weight excluding hydrogens is 1360 g/mol. The van der Waals surface area contributed by atoms with Crippen molar-refractivity contribution in [1.29, 1.82) is 0 Å². The van der Waals surface area contributed by atoms with E-state index in [0.717, 1.165) is 199 Å². The fourth-order valence-electron chi connectivity index (χ4n) is 10.2. The molecule has 0 aromatic heterocycles. The summed E-state index contributed by atoms with van der Waals surface area (Å²) in [6.07, 6.45) is 99.5. The number of rotatable bonds is 75. The molecule has 0 radical (unpaired) electrons. The summed E-state index contributed by atoms with van der Waals surface area (Å²) in [5.41, 5.74) is 0. The third-order valence-corrected chi connectivity index (χ3v) is 18.3. The van der Waals surface area contributed by atoms with E-state index in [9.17, 15) is 43.5 Å². The van der Waals surface area contributed by atoms with Crippen LogP contribution in [-0.4, -0.2) is 95.9 Å². The van der Waals surface area contributed by atoms with Crippen LogP contribution in [0.5, 0.6) is 0 Å². The van der Waals surface area contributed by atoms with Gasteiger partial charge in [0.25, 0.3) is 0 Å². The topological polar surface area (TPSA) is 231 Å². The molecule has 0 saturated carbocycles. The molecule has 0 fully saturated rings. The lowest BCUT2D eigenvalue weighted by molar-refractivity contribution is -0.161. The zero-order chi connectivity index (χ0) is 76.6. The van der Waals surface area contributed by atoms with E-state index < -0.39 is 91.5 Å². The van der Waals surface area contributed by atoms with Gasteiger partial charge in [0.05, 0.1) is 26.4 Å². The number of phosphoric ester groups is 2. The van der Waals surface area contributed by atoms with Gasteiger partial charge in [-0.1, -0.05) is 294 Å². The van der Waals surface area contributed by atoms with Crippen molar-refractivity contribution in [2.24, 2.45) is 0 Å². The van der Waals surface area contributed by atoms with E-state index in [0.29, 0.717) is 19.3 Å². The number of unbranched alkanes of at least 4 members (excludes halogenated alkanes) is 24. The van der Waals surface area contributed by atoms with Crippen LogP contribution in [0.1, 0.15) is 303 Å². The normalized spacial score (nSPS) is 14.8. The van der Waals surface area contributed by atoms with Crippen LogP contribution >= 0.6 is 15.6 Å². The summed E-state index contributed by atoms with van der Waals surface area (Å²) in [6, 6.07) is 0. The molecule has 0 aliphatic rings. The molecule has 5 unspecified atom stereocenters. The molecule has 0 aliphatic carbocycles. The van der Waals surface area contributed by atoms with Crippen molar-refractivity contribution in [2.45, 2.75) is 322 Å². The molecule has 0 amide bonds. The summed E-state index contributed by atoms with van der Waals surface area (Å²) >= 11 is 0. The van der Waals surface area contributed by atoms with Gasteiger partial charge in [-0.2, -0.15) is 0 Å². The Labute approximate surface area is 637 Å². The number of aliphatic hydroxyl groups excluding tert-OH is 2. The summed E-state index contributed by atoms with van der Waals surface area (Å²) in [6.45, 7) is 2.45. The summed E-state index contributed by atoms with van der Waals surface area (Å²) in [5.74, 6) is -1.63. The molecule has 4 N–H and O–H groups in total. The number of ether oxygens (including phenoxy) is 3. The lowest BCUT2D eigenvalue weighted by atomic mass is 10.1. The fraction of sp³-hybridized carbons (Fsp3) is 0.644. The minimum absolute atomic E-state index is 0.0747. The Bertz CT molecular complexity index is 2590. The lowest BCUT2D eigenvalue weighted by Crippen LogP contribution is -2.30. The van der Waals surface area contributed by atoms with Crippen LogP contribution < -0.4 is 0 Å². The first-order valence-corrected chi connectivity index (χ1v) is 43.4. The maximum absolute atomic E-state index is 13.0. The number of phosphoric acid groups is 2. The van der Waals surface area contributed by atoms with Gasteiger partial charge >= 0.3 is 33.6 Å². The Morgan fingerprint density at radius 1 is 0.276 bits per heavy atom. The highest BCUT2D eigenvalue weighted by molar-refractivity contribution is 7.47. The van der Waals surface area contributed by atoms with Gasteiger partial charge in [0, 0.05) is 19.3 Å². The van der Waals surface area contributed by atoms with E-state index in [-0.39, 0.29) is 19.3 Å². The summed E-state index contributed by atoms with van der Waals surface area (Å²) < 4.78 is 61.2. The molecule has 0 rings (SSSR count). The Morgan fingerprint density at radius 2 is 0.505 bits per heavy atom. The van der Waals surface area contributed by atoms with Gasteiger partial charge in [-0.15, -0.1) is 0 Å². The van der Waals surface area contributed by atoms with Crippen LogP contribution in [0.25, 0.3) is 0 Å². The first-order chi connectivity index (χ1) is 51.2. The van der Waals surface area contributed by atoms with E-state index in [2.05, 4.69) is 191 Å². The van der Waals surface area contributed by atoms with Gasteiger partial charge in [-0.25, -0.2) is 9.13 Å². The number of allylic oxidation sites excluding steroid dienone is 28. The minimum atomic E-state index is -4.95. The Hall–Kier alpha value is -5.09. The van der Waals surface area contributed by atoms with E-state index in [1.165, 1.54) is 44.9 Å². The van der Waals surface area contributed by atoms with Gasteiger partial charge in [0.2, 0.25) is 0 Å². The molecule has 105 heavy (non-hydrogen) atoms. The monoisotopic (exact) mass is 1510 g/mol. The molecule has 0 saturated heterocycles. The smallest absolute Gasteiger partial charge is 0.463 e. The van der Waals surface area contributed by atoms with Gasteiger partial charge < -0.3 is 34.2 Å². The average Bonchev–Trinajstić information content (AvgIpc) is 0.963. The molecule has 0 spiro atoms. The second kappa shape index (κ2) is 78.5. The average molecular weight is 1510 g/mol. The molecule has 0 heterocycles. The molecular formula is C87H144O16P2. The number of hydrogen-bond acceptors (Lipinski definition) is 14. The van der Waals surface area contributed by atoms with Crippen LogP contribution in [0.3, 0.4) is 0 Å². The second-order valence-corrected chi connectivity index (χ2v) is 29.4. The van der Waals surface area contributed by atoms with Crippen molar-refractivity contribution in [3.63, 3.8) is 0 Å². The Morgan fingerprint density at radius 3 is 0.800 bits per heavy atom. The maximum atomic E-state index is 13.0. The van der Waals surface area contributed by atoms with E-state index in [1.807, 2.05) is 0 Å². The van der Waals surface area contributed by atoms with Gasteiger partial charge in [0.15, 0.2) is 6.10 Å². The van der Waals surface area contributed by atoms with Crippen LogP contribution in [-0.2, 0) is 55.8 Å². The molecule has 598 valence electrons. The van der Waals surface area contributed by atoms with E-state index >= 15 is 0 Å². The van der Waals surface area contributed by atoms with Gasteiger partial charge in [-0.05, 0) is 161 Å². The third-order valence-electron chi connectivity index (χ3n) is 16.4. The number of carbonyl (C=O) groups excluding carboxylic acids is 3. The number of esters is 3. The highest BCUT2D eigenvalue weighted by Gasteiger charge is 2.29.